The molecule has 0 aromatic carbocycles. The first-order chi connectivity index (χ1) is 8.83. The van der Waals surface area contributed by atoms with Gasteiger partial charge < -0.3 is 10.1 Å². The van der Waals surface area contributed by atoms with E-state index in [0.29, 0.717) is 5.82 Å². The highest BCUT2D eigenvalue weighted by Crippen LogP contribution is 2.15. The Balaban J connectivity index is 2.50. The van der Waals surface area contributed by atoms with Crippen LogP contribution in [0.15, 0.2) is 6.20 Å². The van der Waals surface area contributed by atoms with Crippen molar-refractivity contribution in [3.05, 3.63) is 23.3 Å². The lowest BCUT2D eigenvalue weighted by molar-refractivity contribution is -0.173. The summed E-state index contributed by atoms with van der Waals surface area (Å²) in [5.41, 5.74) is 1.80. The van der Waals surface area contributed by atoms with Crippen molar-refractivity contribution < 1.29 is 17.9 Å². The highest BCUT2D eigenvalue weighted by Gasteiger charge is 2.27. The molecule has 0 aliphatic rings. The second-order valence-electron chi connectivity index (χ2n) is 4.26. The number of ether oxygens (including phenoxy) is 1. The Kier molecular flexibility index (Phi) is 5.68. The highest BCUT2D eigenvalue weighted by atomic mass is 19.4. The summed E-state index contributed by atoms with van der Waals surface area (Å²) in [4.78, 5) is 8.39. The third-order valence-electron chi connectivity index (χ3n) is 2.70. The number of rotatable bonds is 6. The third kappa shape index (κ3) is 5.52. The van der Waals surface area contributed by atoms with Gasteiger partial charge in [0.1, 0.15) is 12.4 Å². The summed E-state index contributed by atoms with van der Waals surface area (Å²) in [5, 5.41) is 3.08. The third-order valence-corrected chi connectivity index (χ3v) is 2.70. The molecule has 0 fully saturated rings. The van der Waals surface area contributed by atoms with Crippen LogP contribution >= 0.6 is 0 Å². The maximum absolute atomic E-state index is 11.9. The molecule has 1 aromatic rings. The van der Waals surface area contributed by atoms with Gasteiger partial charge in [-0.05, 0) is 20.9 Å². The number of aryl methyl sites for hydroxylation is 1. The minimum absolute atomic E-state index is 0.0418. The van der Waals surface area contributed by atoms with Crippen LogP contribution in [0.3, 0.4) is 0 Å². The first kappa shape index (κ1) is 15.8. The topological polar surface area (TPSA) is 47.0 Å². The second kappa shape index (κ2) is 6.81. The van der Waals surface area contributed by atoms with Gasteiger partial charge in [0.15, 0.2) is 0 Å². The van der Waals surface area contributed by atoms with E-state index in [1.807, 2.05) is 20.9 Å². The Bertz CT molecular complexity index is 410. The molecule has 1 atom stereocenters. The number of hydrogen-bond acceptors (Lipinski definition) is 4. The second-order valence-corrected chi connectivity index (χ2v) is 4.26. The van der Waals surface area contributed by atoms with Crippen molar-refractivity contribution in [2.75, 3.05) is 20.3 Å². The van der Waals surface area contributed by atoms with Gasteiger partial charge in [-0.2, -0.15) is 13.2 Å². The largest absolute Gasteiger partial charge is 0.411 e. The Morgan fingerprint density at radius 3 is 2.63 bits per heavy atom. The normalized spacial score (nSPS) is 13.6. The predicted octanol–water partition coefficient (Wildman–Crippen LogP) is 2.19. The summed E-state index contributed by atoms with van der Waals surface area (Å²) < 4.78 is 40.1. The van der Waals surface area contributed by atoms with Gasteiger partial charge in [0.05, 0.1) is 6.61 Å². The molecule has 0 aliphatic heterocycles. The summed E-state index contributed by atoms with van der Waals surface area (Å²) in [6.07, 6.45) is -2.32. The van der Waals surface area contributed by atoms with Crippen LogP contribution in [0.5, 0.6) is 0 Å². The zero-order valence-electron chi connectivity index (χ0n) is 11.2. The van der Waals surface area contributed by atoms with Gasteiger partial charge in [-0.15, -0.1) is 0 Å². The van der Waals surface area contributed by atoms with E-state index in [9.17, 15) is 13.2 Å². The number of nitrogens with zero attached hydrogens (tertiary/aromatic N) is 2. The summed E-state index contributed by atoms with van der Waals surface area (Å²) in [6.45, 7) is 2.56. The molecule has 0 aliphatic carbocycles. The monoisotopic (exact) mass is 277 g/mol. The van der Waals surface area contributed by atoms with E-state index >= 15 is 0 Å². The lowest BCUT2D eigenvalue weighted by Gasteiger charge is -2.13. The molecule has 4 nitrogen and oxygen atoms in total. The van der Waals surface area contributed by atoms with E-state index in [4.69, 9.17) is 0 Å². The fraction of sp³-hybridized carbons (Fsp3) is 0.667. The molecule has 1 heterocycles. The van der Waals surface area contributed by atoms with E-state index in [0.717, 1.165) is 11.3 Å². The van der Waals surface area contributed by atoms with Crippen LogP contribution in [-0.2, 0) is 11.2 Å². The van der Waals surface area contributed by atoms with E-state index in [1.165, 1.54) is 0 Å². The van der Waals surface area contributed by atoms with Crippen molar-refractivity contribution in [2.24, 2.45) is 0 Å². The van der Waals surface area contributed by atoms with Crippen LogP contribution in [0.4, 0.5) is 13.2 Å². The maximum Gasteiger partial charge on any atom is 0.411 e. The fourth-order valence-electron chi connectivity index (χ4n) is 1.58. The van der Waals surface area contributed by atoms with Gasteiger partial charge >= 0.3 is 6.18 Å². The van der Waals surface area contributed by atoms with Gasteiger partial charge in [-0.25, -0.2) is 9.97 Å². The van der Waals surface area contributed by atoms with E-state index in [2.05, 4.69) is 20.0 Å². The lowest BCUT2D eigenvalue weighted by Crippen LogP contribution is -2.19. The molecular weight excluding hydrogens is 259 g/mol. The molecule has 1 unspecified atom stereocenters. The fourth-order valence-corrected chi connectivity index (χ4v) is 1.58. The van der Waals surface area contributed by atoms with Crippen LogP contribution in [-0.4, -0.2) is 36.4 Å². The van der Waals surface area contributed by atoms with Crippen molar-refractivity contribution in [1.29, 1.82) is 0 Å². The van der Waals surface area contributed by atoms with Crippen molar-refractivity contribution in [2.45, 2.75) is 32.5 Å². The smallest absolute Gasteiger partial charge is 0.372 e. The average Bonchev–Trinajstić information content (AvgIpc) is 2.33. The molecule has 0 amide bonds. The maximum atomic E-state index is 11.9. The summed E-state index contributed by atoms with van der Waals surface area (Å²) in [5.74, 6) is 0.492. The molecule has 1 aromatic heterocycles. The Labute approximate surface area is 110 Å². The summed E-state index contributed by atoms with van der Waals surface area (Å²) >= 11 is 0. The first-order valence-electron chi connectivity index (χ1n) is 5.97. The number of alkyl halides is 3. The minimum atomic E-state index is -4.29. The quantitative estimate of drug-likeness (QED) is 0.810. The van der Waals surface area contributed by atoms with Crippen molar-refractivity contribution in [1.82, 2.24) is 15.3 Å². The van der Waals surface area contributed by atoms with Crippen LogP contribution in [0.2, 0.25) is 0 Å². The van der Waals surface area contributed by atoms with Crippen molar-refractivity contribution >= 4 is 0 Å². The minimum Gasteiger partial charge on any atom is -0.372 e. The molecule has 0 saturated heterocycles. The zero-order valence-corrected chi connectivity index (χ0v) is 11.2. The molecule has 0 spiro atoms. The van der Waals surface area contributed by atoms with Gasteiger partial charge in [0.2, 0.25) is 0 Å². The number of halogens is 3. The molecule has 19 heavy (non-hydrogen) atoms. The van der Waals surface area contributed by atoms with E-state index in [1.54, 1.807) is 6.20 Å². The number of hydrogen-bond donors (Lipinski definition) is 1. The van der Waals surface area contributed by atoms with Crippen LogP contribution in [0, 0.1) is 6.92 Å². The molecular formula is C12H18F3N3O. The van der Waals surface area contributed by atoms with Crippen molar-refractivity contribution in [3.8, 4) is 0 Å². The van der Waals surface area contributed by atoms with E-state index in [-0.39, 0.29) is 19.1 Å². The van der Waals surface area contributed by atoms with Gasteiger partial charge in [0.25, 0.3) is 0 Å². The Morgan fingerprint density at radius 2 is 2.11 bits per heavy atom. The first-order valence-corrected chi connectivity index (χ1v) is 5.97. The SMILES string of the molecule is CNC(C)c1cnc(CCOCC(F)(F)F)nc1C. The summed E-state index contributed by atoms with van der Waals surface area (Å²) in [6, 6.07) is 0.135. The van der Waals surface area contributed by atoms with Gasteiger partial charge in [-0.3, -0.25) is 0 Å². The molecule has 1 N–H and O–H groups in total. The van der Waals surface area contributed by atoms with Crippen molar-refractivity contribution in [3.63, 3.8) is 0 Å². The van der Waals surface area contributed by atoms with Crippen LogP contribution in [0.25, 0.3) is 0 Å². The number of aromatic nitrogens is 2. The highest BCUT2D eigenvalue weighted by molar-refractivity contribution is 5.19. The molecule has 1 rings (SSSR count). The Morgan fingerprint density at radius 1 is 1.42 bits per heavy atom. The van der Waals surface area contributed by atoms with Crippen LogP contribution in [0.1, 0.15) is 30.0 Å². The van der Waals surface area contributed by atoms with Crippen LogP contribution < -0.4 is 5.32 Å². The lowest BCUT2D eigenvalue weighted by atomic mass is 10.1. The molecule has 0 radical (unpaired) electrons. The van der Waals surface area contributed by atoms with Gasteiger partial charge in [0, 0.05) is 29.9 Å². The molecule has 0 bridgehead atoms. The average molecular weight is 277 g/mol. The Hall–Kier alpha value is -1.21. The standard InChI is InChI=1S/C12H18F3N3O/c1-8(16-3)10-6-17-11(18-9(10)2)4-5-19-7-12(13,14)15/h6,8,16H,4-5,7H2,1-3H3. The number of nitrogens with one attached hydrogen (secondary N) is 1. The summed E-state index contributed by atoms with van der Waals surface area (Å²) in [7, 11) is 1.84. The zero-order chi connectivity index (χ0) is 14.5. The molecule has 7 heteroatoms. The van der Waals surface area contributed by atoms with Gasteiger partial charge in [-0.1, -0.05) is 0 Å². The van der Waals surface area contributed by atoms with E-state index < -0.39 is 12.8 Å². The molecule has 108 valence electrons. The molecule has 0 saturated carbocycles. The predicted molar refractivity (Wildman–Crippen MR) is 64.8 cm³/mol.